The second kappa shape index (κ2) is 7.24. The van der Waals surface area contributed by atoms with Crippen LogP contribution >= 0.6 is 0 Å². The molecule has 0 fully saturated rings. The highest BCUT2D eigenvalue weighted by Crippen LogP contribution is 2.38. The van der Waals surface area contributed by atoms with Crippen molar-refractivity contribution in [1.29, 1.82) is 0 Å². The van der Waals surface area contributed by atoms with Crippen molar-refractivity contribution in [3.05, 3.63) is 127 Å². The fraction of sp³-hybridized carbons (Fsp3) is 0.0312. The monoisotopic (exact) mass is 449 g/mol. The first kappa shape index (κ1) is 19.5. The molecule has 2 heterocycles. The van der Waals surface area contributed by atoms with Gasteiger partial charge in [0, 0.05) is 11.6 Å². The maximum atomic E-state index is 5.17. The third-order valence-electron chi connectivity index (χ3n) is 7.39. The van der Waals surface area contributed by atoms with Gasteiger partial charge < -0.3 is 0 Å². The predicted molar refractivity (Wildman–Crippen MR) is 147 cm³/mol. The first-order valence-electron chi connectivity index (χ1n) is 11.8. The number of pyridine rings is 1. The number of aryl methyl sites for hydroxylation is 1. The van der Waals surface area contributed by atoms with Crippen LogP contribution in [-0.2, 0) is 0 Å². The minimum Gasteiger partial charge on any atom is -0.256 e. The summed E-state index contributed by atoms with van der Waals surface area (Å²) in [7, 11) is -2.59. The van der Waals surface area contributed by atoms with Crippen LogP contribution < -0.4 is 20.7 Å². The minimum absolute atomic E-state index is 1.15. The molecule has 7 rings (SSSR count). The number of hydrogen-bond donors (Lipinski definition) is 0. The van der Waals surface area contributed by atoms with Gasteiger partial charge in [-0.3, -0.25) is 4.98 Å². The first-order chi connectivity index (χ1) is 16.8. The zero-order chi connectivity index (χ0) is 22.7. The van der Waals surface area contributed by atoms with Gasteiger partial charge in [-0.05, 0) is 61.2 Å². The van der Waals surface area contributed by atoms with Gasteiger partial charge in [-0.1, -0.05) is 109 Å². The molecule has 0 saturated heterocycles. The third-order valence-corrected chi connectivity index (χ3v) is 12.3. The number of fused-ring (bicyclic) bond motifs is 8. The van der Waals surface area contributed by atoms with Crippen molar-refractivity contribution < 1.29 is 0 Å². The van der Waals surface area contributed by atoms with Crippen molar-refractivity contribution in [2.24, 2.45) is 0 Å². The number of nitrogens with zero attached hydrogens (tertiary/aromatic N) is 1. The number of hydrogen-bond acceptors (Lipinski definition) is 1. The Morgan fingerprint density at radius 2 is 1.18 bits per heavy atom. The Kier molecular flexibility index (Phi) is 4.14. The first-order valence-corrected chi connectivity index (χ1v) is 13.8. The number of rotatable bonds is 2. The fourth-order valence-electron chi connectivity index (χ4n) is 6.11. The van der Waals surface area contributed by atoms with Gasteiger partial charge >= 0.3 is 0 Å². The summed E-state index contributed by atoms with van der Waals surface area (Å²) in [6.07, 6.45) is 2.04. The van der Waals surface area contributed by atoms with Gasteiger partial charge in [0.25, 0.3) is 0 Å². The molecular formula is C32H23NSi. The fourth-order valence-corrected chi connectivity index (χ4v) is 11.5. The average molecular weight is 450 g/mol. The molecule has 1 nitrogen and oxygen atoms in total. The summed E-state index contributed by atoms with van der Waals surface area (Å²) < 4.78 is 0. The largest absolute Gasteiger partial charge is 0.256 e. The van der Waals surface area contributed by atoms with E-state index < -0.39 is 8.07 Å². The lowest BCUT2D eigenvalue weighted by molar-refractivity contribution is 1.34. The lowest BCUT2D eigenvalue weighted by Crippen LogP contribution is -2.73. The van der Waals surface area contributed by atoms with Gasteiger partial charge in [-0.15, -0.1) is 0 Å². The van der Waals surface area contributed by atoms with Crippen molar-refractivity contribution in [2.75, 3.05) is 0 Å². The van der Waals surface area contributed by atoms with E-state index in [9.17, 15) is 0 Å². The third kappa shape index (κ3) is 2.46. The van der Waals surface area contributed by atoms with Gasteiger partial charge in [0.05, 0.1) is 5.52 Å². The van der Waals surface area contributed by atoms with Crippen LogP contribution in [-0.4, -0.2) is 13.1 Å². The van der Waals surface area contributed by atoms with E-state index in [1.807, 2.05) is 6.20 Å². The van der Waals surface area contributed by atoms with Gasteiger partial charge in [-0.25, -0.2) is 0 Å². The highest BCUT2D eigenvalue weighted by molar-refractivity contribution is 7.23. The van der Waals surface area contributed by atoms with Crippen molar-refractivity contribution in [1.82, 2.24) is 4.98 Å². The molecule has 0 spiro atoms. The smallest absolute Gasteiger partial charge is 0.183 e. The van der Waals surface area contributed by atoms with E-state index in [2.05, 4.69) is 122 Å². The second-order valence-electron chi connectivity index (χ2n) is 9.23. The lowest BCUT2D eigenvalue weighted by atomic mass is 9.95. The van der Waals surface area contributed by atoms with Crippen molar-refractivity contribution >= 4 is 50.5 Å². The molecule has 34 heavy (non-hydrogen) atoms. The molecule has 0 radical (unpaired) electrons. The van der Waals surface area contributed by atoms with Crippen LogP contribution in [0.25, 0.3) is 32.8 Å². The zero-order valence-corrected chi connectivity index (χ0v) is 20.0. The molecule has 1 aromatic heterocycles. The molecule has 0 atom stereocenters. The van der Waals surface area contributed by atoms with Crippen LogP contribution in [0.4, 0.5) is 0 Å². The maximum absolute atomic E-state index is 5.17. The molecule has 0 aliphatic carbocycles. The SMILES string of the molecule is Cc1cnc2c3c(c4ccccc4c2c1)-c1ccccc1[Si]3(c1ccccc1)c1ccccc1. The van der Waals surface area contributed by atoms with E-state index in [1.165, 1.54) is 53.6 Å². The Morgan fingerprint density at radius 3 is 1.88 bits per heavy atom. The summed E-state index contributed by atoms with van der Waals surface area (Å²) in [5.41, 5.74) is 5.07. The molecule has 2 heteroatoms. The van der Waals surface area contributed by atoms with E-state index in [4.69, 9.17) is 4.98 Å². The standard InChI is InChI=1S/C32H23NSi/c1-22-20-28-25-16-8-9-17-26(25)30-27-18-10-11-19-29(27)34(23-12-4-2-5-13-23,24-14-6-3-7-15-24)32(30)31(28)33-21-22/h2-21H,1H3. The van der Waals surface area contributed by atoms with Gasteiger partial charge in [0.15, 0.2) is 8.07 Å². The molecule has 0 N–H and O–H groups in total. The molecule has 0 bridgehead atoms. The molecule has 1 aliphatic heterocycles. The molecule has 0 amide bonds. The van der Waals surface area contributed by atoms with Gasteiger partial charge in [-0.2, -0.15) is 0 Å². The summed E-state index contributed by atoms with van der Waals surface area (Å²) in [6.45, 7) is 2.14. The van der Waals surface area contributed by atoms with Gasteiger partial charge in [0.2, 0.25) is 0 Å². The van der Waals surface area contributed by atoms with Crippen molar-refractivity contribution in [3.8, 4) is 11.1 Å². The topological polar surface area (TPSA) is 12.9 Å². The summed E-state index contributed by atoms with van der Waals surface area (Å²) in [4.78, 5) is 5.17. The number of aromatic nitrogens is 1. The van der Waals surface area contributed by atoms with Crippen LogP contribution in [0.5, 0.6) is 0 Å². The highest BCUT2D eigenvalue weighted by Gasteiger charge is 2.50. The highest BCUT2D eigenvalue weighted by atomic mass is 28.3. The van der Waals surface area contributed by atoms with Crippen LogP contribution in [0.2, 0.25) is 0 Å². The molecule has 0 saturated carbocycles. The molecule has 0 unspecified atom stereocenters. The van der Waals surface area contributed by atoms with E-state index >= 15 is 0 Å². The zero-order valence-electron chi connectivity index (χ0n) is 19.0. The number of benzene rings is 5. The van der Waals surface area contributed by atoms with Crippen LogP contribution in [0.3, 0.4) is 0 Å². The van der Waals surface area contributed by atoms with E-state index in [0.717, 1.165) is 5.52 Å². The molecule has 6 aromatic rings. The Bertz CT molecular complexity index is 1670. The van der Waals surface area contributed by atoms with E-state index in [1.54, 1.807) is 0 Å². The van der Waals surface area contributed by atoms with Crippen LogP contribution in [0.1, 0.15) is 5.56 Å². The van der Waals surface area contributed by atoms with Crippen molar-refractivity contribution in [3.63, 3.8) is 0 Å². The summed E-state index contributed by atoms with van der Waals surface area (Å²) in [6, 6.07) is 42.6. The summed E-state index contributed by atoms with van der Waals surface area (Å²) in [5, 5.41) is 9.57. The summed E-state index contributed by atoms with van der Waals surface area (Å²) >= 11 is 0. The van der Waals surface area contributed by atoms with E-state index in [0.29, 0.717) is 0 Å². The predicted octanol–water partition coefficient (Wildman–Crippen LogP) is 5.05. The summed E-state index contributed by atoms with van der Waals surface area (Å²) in [5.74, 6) is 0. The van der Waals surface area contributed by atoms with Crippen molar-refractivity contribution in [2.45, 2.75) is 6.92 Å². The Morgan fingerprint density at radius 1 is 0.588 bits per heavy atom. The Balaban J connectivity index is 1.81. The van der Waals surface area contributed by atoms with Crippen LogP contribution in [0, 0.1) is 6.92 Å². The quantitative estimate of drug-likeness (QED) is 0.266. The Labute approximate surface area is 200 Å². The molecule has 5 aromatic carbocycles. The second-order valence-corrected chi connectivity index (χ2v) is 12.9. The molecule has 1 aliphatic rings. The molecular weight excluding hydrogens is 426 g/mol. The Hall–Kier alpha value is -4.01. The minimum atomic E-state index is -2.59. The lowest BCUT2D eigenvalue weighted by Gasteiger charge is -2.32. The molecule has 160 valence electrons. The van der Waals surface area contributed by atoms with Gasteiger partial charge in [0.1, 0.15) is 0 Å². The average Bonchev–Trinajstić information content (AvgIpc) is 3.22. The maximum Gasteiger partial charge on any atom is 0.183 e. The van der Waals surface area contributed by atoms with Crippen LogP contribution in [0.15, 0.2) is 121 Å². The van der Waals surface area contributed by atoms with E-state index in [-0.39, 0.29) is 0 Å². The normalized spacial score (nSPS) is 13.7.